The van der Waals surface area contributed by atoms with E-state index in [-0.39, 0.29) is 18.2 Å². The average molecular weight is 447 g/mol. The van der Waals surface area contributed by atoms with Crippen LogP contribution in [0.1, 0.15) is 29.9 Å². The van der Waals surface area contributed by atoms with Gasteiger partial charge in [-0.25, -0.2) is 4.79 Å². The van der Waals surface area contributed by atoms with Crippen LogP contribution in [0.25, 0.3) is 5.69 Å². The summed E-state index contributed by atoms with van der Waals surface area (Å²) in [5.41, 5.74) is -0.798. The molecule has 0 aliphatic rings. The molecule has 0 atom stereocenters. The topological polar surface area (TPSA) is 86.0 Å². The molecular formula is C21H20Cl2N4O3. The first-order valence-electron chi connectivity index (χ1n) is 9.29. The van der Waals surface area contributed by atoms with Gasteiger partial charge in [0.25, 0.3) is 11.5 Å². The van der Waals surface area contributed by atoms with Gasteiger partial charge < -0.3 is 5.32 Å². The van der Waals surface area contributed by atoms with Gasteiger partial charge in [-0.05, 0) is 47.9 Å². The highest BCUT2D eigenvalue weighted by Crippen LogP contribution is 2.12. The van der Waals surface area contributed by atoms with Crippen molar-refractivity contribution < 1.29 is 4.79 Å². The van der Waals surface area contributed by atoms with E-state index in [2.05, 4.69) is 10.4 Å². The highest BCUT2D eigenvalue weighted by atomic mass is 35.5. The average Bonchev–Trinajstić information content (AvgIpc) is 2.70. The monoisotopic (exact) mass is 446 g/mol. The van der Waals surface area contributed by atoms with Crippen molar-refractivity contribution in [3.05, 3.63) is 90.7 Å². The van der Waals surface area contributed by atoms with Crippen molar-refractivity contribution in [2.45, 2.75) is 20.4 Å². The predicted octanol–water partition coefficient (Wildman–Crippen LogP) is 3.14. The fraction of sp³-hybridized carbons (Fsp3) is 0.238. The van der Waals surface area contributed by atoms with Crippen LogP contribution in [0, 0.1) is 5.92 Å². The maximum Gasteiger partial charge on any atom is 0.352 e. The summed E-state index contributed by atoms with van der Waals surface area (Å²) in [6, 6.07) is 13.2. The Labute approximate surface area is 182 Å². The lowest BCUT2D eigenvalue weighted by Gasteiger charge is -2.13. The minimum absolute atomic E-state index is 0.0567. The maximum absolute atomic E-state index is 13.1. The lowest BCUT2D eigenvalue weighted by molar-refractivity contribution is 0.0939. The van der Waals surface area contributed by atoms with Crippen molar-refractivity contribution in [2.24, 2.45) is 5.92 Å². The van der Waals surface area contributed by atoms with Crippen LogP contribution in [0.15, 0.2) is 58.1 Å². The number of rotatable bonds is 6. The number of nitrogens with zero attached hydrogens (tertiary/aromatic N) is 3. The summed E-state index contributed by atoms with van der Waals surface area (Å²) in [6.07, 6.45) is 0. The molecule has 9 heteroatoms. The molecule has 156 valence electrons. The summed E-state index contributed by atoms with van der Waals surface area (Å²) in [7, 11) is 0. The van der Waals surface area contributed by atoms with Gasteiger partial charge in [0.15, 0.2) is 0 Å². The van der Waals surface area contributed by atoms with E-state index < -0.39 is 17.2 Å². The molecule has 1 aromatic heterocycles. The number of benzene rings is 2. The standard InChI is InChI=1S/C21H20Cl2N4O3/c1-13(2)11-24-19(28)18-20(29)26(12-14-4-3-5-16(23)10-14)21(30)27(25-18)17-8-6-15(22)7-9-17/h3-10,13H,11-12H2,1-2H3,(H,24,28). The number of hydrogen-bond acceptors (Lipinski definition) is 4. The van der Waals surface area contributed by atoms with E-state index in [0.29, 0.717) is 27.8 Å². The van der Waals surface area contributed by atoms with Crippen molar-refractivity contribution in [1.82, 2.24) is 19.7 Å². The van der Waals surface area contributed by atoms with Crippen molar-refractivity contribution in [3.8, 4) is 5.69 Å². The smallest absolute Gasteiger partial charge is 0.350 e. The summed E-state index contributed by atoms with van der Waals surface area (Å²) >= 11 is 12.0. The lowest BCUT2D eigenvalue weighted by atomic mass is 10.2. The fourth-order valence-corrected chi connectivity index (χ4v) is 3.08. The largest absolute Gasteiger partial charge is 0.352 e. The van der Waals surface area contributed by atoms with E-state index in [0.717, 1.165) is 9.25 Å². The van der Waals surface area contributed by atoms with Gasteiger partial charge >= 0.3 is 5.69 Å². The highest BCUT2D eigenvalue weighted by Gasteiger charge is 2.20. The number of amides is 1. The van der Waals surface area contributed by atoms with Gasteiger partial charge in [0, 0.05) is 16.6 Å². The van der Waals surface area contributed by atoms with Crippen LogP contribution in [0.4, 0.5) is 0 Å². The van der Waals surface area contributed by atoms with Crippen LogP contribution in [-0.4, -0.2) is 26.8 Å². The molecule has 0 unspecified atom stereocenters. The van der Waals surface area contributed by atoms with Crippen molar-refractivity contribution in [2.75, 3.05) is 6.54 Å². The minimum atomic E-state index is -0.772. The van der Waals surface area contributed by atoms with E-state index in [1.54, 1.807) is 48.5 Å². The second kappa shape index (κ2) is 9.28. The molecule has 30 heavy (non-hydrogen) atoms. The van der Waals surface area contributed by atoms with Crippen molar-refractivity contribution in [3.63, 3.8) is 0 Å². The molecule has 0 spiro atoms. The van der Waals surface area contributed by atoms with Crippen LogP contribution in [0.3, 0.4) is 0 Å². The zero-order valence-electron chi connectivity index (χ0n) is 16.4. The van der Waals surface area contributed by atoms with Gasteiger partial charge in [-0.2, -0.15) is 9.78 Å². The summed E-state index contributed by atoms with van der Waals surface area (Å²) in [6.45, 7) is 4.17. The maximum atomic E-state index is 13.1. The molecule has 1 heterocycles. The third kappa shape index (κ3) is 4.98. The summed E-state index contributed by atoms with van der Waals surface area (Å²) in [5, 5.41) is 7.69. The Morgan fingerprint density at radius 2 is 1.77 bits per heavy atom. The Balaban J connectivity index is 2.16. The Bertz CT molecular complexity index is 1180. The quantitative estimate of drug-likeness (QED) is 0.629. The van der Waals surface area contributed by atoms with Crippen molar-refractivity contribution >= 4 is 29.1 Å². The van der Waals surface area contributed by atoms with Gasteiger partial charge in [0.05, 0.1) is 12.2 Å². The second-order valence-electron chi connectivity index (χ2n) is 7.14. The van der Waals surface area contributed by atoms with Crippen LogP contribution >= 0.6 is 23.2 Å². The summed E-state index contributed by atoms with van der Waals surface area (Å²) < 4.78 is 1.99. The Hall–Kier alpha value is -2.90. The first-order chi connectivity index (χ1) is 14.3. The van der Waals surface area contributed by atoms with Crippen LogP contribution in [0.5, 0.6) is 0 Å². The summed E-state index contributed by atoms with van der Waals surface area (Å²) in [4.78, 5) is 38.7. The molecule has 2 aromatic carbocycles. The third-order valence-corrected chi connectivity index (χ3v) is 4.73. The normalized spacial score (nSPS) is 11.0. The van der Waals surface area contributed by atoms with Crippen molar-refractivity contribution in [1.29, 1.82) is 0 Å². The van der Waals surface area contributed by atoms with Gasteiger partial charge in [-0.15, -0.1) is 0 Å². The summed E-state index contributed by atoms with van der Waals surface area (Å²) in [5.74, 6) is -0.457. The zero-order chi connectivity index (χ0) is 21.8. The van der Waals surface area contributed by atoms with Crippen LogP contribution < -0.4 is 16.6 Å². The molecule has 0 aliphatic heterocycles. The number of nitrogens with one attached hydrogen (secondary N) is 1. The number of carbonyl (C=O) groups is 1. The number of carbonyl (C=O) groups excluding carboxylic acids is 1. The van der Waals surface area contributed by atoms with Gasteiger partial charge in [0.1, 0.15) is 0 Å². The second-order valence-corrected chi connectivity index (χ2v) is 8.02. The SMILES string of the molecule is CC(C)CNC(=O)c1nn(-c2ccc(Cl)cc2)c(=O)n(Cc2cccc(Cl)c2)c1=O. The first kappa shape index (κ1) is 21.8. The van der Waals surface area contributed by atoms with Gasteiger partial charge in [0.2, 0.25) is 5.69 Å². The highest BCUT2D eigenvalue weighted by molar-refractivity contribution is 6.30. The third-order valence-electron chi connectivity index (χ3n) is 4.25. The lowest BCUT2D eigenvalue weighted by Crippen LogP contribution is -2.46. The van der Waals surface area contributed by atoms with Crippen LogP contribution in [0.2, 0.25) is 10.0 Å². The molecule has 0 saturated heterocycles. The molecule has 0 bridgehead atoms. The first-order valence-corrected chi connectivity index (χ1v) is 10.0. The van der Waals surface area contributed by atoms with Gasteiger partial charge in [-0.3, -0.25) is 14.2 Å². The molecular weight excluding hydrogens is 427 g/mol. The van der Waals surface area contributed by atoms with E-state index in [4.69, 9.17) is 23.2 Å². The molecule has 0 fully saturated rings. The Morgan fingerprint density at radius 1 is 1.07 bits per heavy atom. The van der Waals surface area contributed by atoms with E-state index >= 15 is 0 Å². The molecule has 1 amide bonds. The van der Waals surface area contributed by atoms with E-state index in [9.17, 15) is 14.4 Å². The van der Waals surface area contributed by atoms with E-state index in [1.165, 1.54) is 0 Å². The van der Waals surface area contributed by atoms with Crippen LogP contribution in [-0.2, 0) is 6.54 Å². The Morgan fingerprint density at radius 3 is 2.40 bits per heavy atom. The number of aromatic nitrogens is 3. The molecule has 1 N–H and O–H groups in total. The Kier molecular flexibility index (Phi) is 6.74. The molecule has 0 radical (unpaired) electrons. The van der Waals surface area contributed by atoms with Gasteiger partial charge in [-0.1, -0.05) is 49.2 Å². The molecule has 0 saturated carbocycles. The van der Waals surface area contributed by atoms with E-state index in [1.807, 2.05) is 13.8 Å². The fourth-order valence-electron chi connectivity index (χ4n) is 2.75. The minimum Gasteiger partial charge on any atom is -0.350 e. The molecule has 7 nitrogen and oxygen atoms in total. The number of halogens is 2. The zero-order valence-corrected chi connectivity index (χ0v) is 17.9. The number of hydrogen-bond donors (Lipinski definition) is 1. The predicted molar refractivity (Wildman–Crippen MR) is 117 cm³/mol. The molecule has 3 rings (SSSR count). The molecule has 3 aromatic rings. The molecule has 0 aliphatic carbocycles.